The molecular weight excluding hydrogens is 276 g/mol. The van der Waals surface area contributed by atoms with Crippen LogP contribution in [0.5, 0.6) is 23.0 Å². The smallest absolute Gasteiger partial charge is 0.292 e. The van der Waals surface area contributed by atoms with E-state index in [0.717, 1.165) is 0 Å². The third kappa shape index (κ3) is 2.97. The summed E-state index contributed by atoms with van der Waals surface area (Å²) in [6, 6.07) is 9.31. The van der Waals surface area contributed by atoms with E-state index in [1.165, 1.54) is 32.4 Å². The van der Waals surface area contributed by atoms with Gasteiger partial charge in [-0.3, -0.25) is 10.1 Å². The van der Waals surface area contributed by atoms with Crippen LogP contribution in [0.3, 0.4) is 0 Å². The molecule has 2 N–H and O–H groups in total. The van der Waals surface area contributed by atoms with Gasteiger partial charge in [0.25, 0.3) is 5.69 Å². The molecular formula is C14H14N2O5. The fourth-order valence-corrected chi connectivity index (χ4v) is 1.80. The van der Waals surface area contributed by atoms with E-state index in [0.29, 0.717) is 23.0 Å². The van der Waals surface area contributed by atoms with Crippen molar-refractivity contribution in [3.8, 4) is 23.0 Å². The molecule has 110 valence electrons. The number of benzene rings is 2. The molecule has 0 unspecified atom stereocenters. The molecule has 0 fully saturated rings. The number of nitro benzene ring substituents is 1. The fourth-order valence-electron chi connectivity index (χ4n) is 1.80. The van der Waals surface area contributed by atoms with Crippen molar-refractivity contribution < 1.29 is 19.1 Å². The summed E-state index contributed by atoms with van der Waals surface area (Å²) in [6.45, 7) is 0. The average Bonchev–Trinajstić information content (AvgIpc) is 2.47. The van der Waals surface area contributed by atoms with Crippen molar-refractivity contribution in [3.63, 3.8) is 0 Å². The highest BCUT2D eigenvalue weighted by Gasteiger charge is 2.15. The summed E-state index contributed by atoms with van der Waals surface area (Å²) >= 11 is 0. The number of methoxy groups -OCH3 is 2. The van der Waals surface area contributed by atoms with Crippen molar-refractivity contribution in [1.82, 2.24) is 0 Å². The van der Waals surface area contributed by atoms with Crippen molar-refractivity contribution in [2.24, 2.45) is 0 Å². The number of nitro groups is 1. The van der Waals surface area contributed by atoms with Crippen LogP contribution in [0.4, 0.5) is 11.4 Å². The minimum Gasteiger partial charge on any atom is -0.493 e. The first-order valence-corrected chi connectivity index (χ1v) is 5.99. The van der Waals surface area contributed by atoms with Crippen LogP contribution in [-0.4, -0.2) is 19.1 Å². The molecule has 0 bridgehead atoms. The second kappa shape index (κ2) is 6.00. The van der Waals surface area contributed by atoms with Crippen molar-refractivity contribution in [1.29, 1.82) is 0 Å². The first-order valence-electron chi connectivity index (χ1n) is 5.99. The van der Waals surface area contributed by atoms with Crippen LogP contribution in [0.2, 0.25) is 0 Å². The molecule has 0 atom stereocenters. The summed E-state index contributed by atoms with van der Waals surface area (Å²) in [5, 5.41) is 10.7. The molecule has 2 aromatic carbocycles. The molecule has 0 aliphatic carbocycles. The van der Waals surface area contributed by atoms with Gasteiger partial charge in [0, 0.05) is 12.1 Å². The number of para-hydroxylation sites is 1. The van der Waals surface area contributed by atoms with Crippen LogP contribution in [0.15, 0.2) is 36.4 Å². The maximum Gasteiger partial charge on any atom is 0.292 e. The van der Waals surface area contributed by atoms with Gasteiger partial charge in [0.05, 0.1) is 19.1 Å². The highest BCUT2D eigenvalue weighted by Crippen LogP contribution is 2.40. The molecule has 0 aromatic heterocycles. The van der Waals surface area contributed by atoms with E-state index in [2.05, 4.69) is 0 Å². The van der Waals surface area contributed by atoms with Gasteiger partial charge in [0.2, 0.25) is 5.75 Å². The third-order valence-corrected chi connectivity index (χ3v) is 2.80. The molecule has 0 amide bonds. The zero-order valence-electron chi connectivity index (χ0n) is 11.5. The molecule has 0 aliphatic rings. The molecule has 2 aromatic rings. The van der Waals surface area contributed by atoms with Gasteiger partial charge in [-0.25, -0.2) is 0 Å². The van der Waals surface area contributed by atoms with Gasteiger partial charge in [-0.05, 0) is 18.2 Å². The maximum atomic E-state index is 10.7. The first-order chi connectivity index (χ1) is 10.1. The second-order valence-corrected chi connectivity index (χ2v) is 4.07. The van der Waals surface area contributed by atoms with Crippen LogP contribution in [0.25, 0.3) is 0 Å². The average molecular weight is 290 g/mol. The Balaban J connectivity index is 2.38. The fraction of sp³-hybridized carbons (Fsp3) is 0.143. The molecule has 0 radical (unpaired) electrons. The van der Waals surface area contributed by atoms with Gasteiger partial charge in [-0.2, -0.15) is 0 Å². The highest BCUT2D eigenvalue weighted by atomic mass is 16.6. The Labute approximate surface area is 121 Å². The van der Waals surface area contributed by atoms with Crippen molar-refractivity contribution in [2.45, 2.75) is 0 Å². The number of hydrogen-bond donors (Lipinski definition) is 1. The van der Waals surface area contributed by atoms with Gasteiger partial charge in [0.1, 0.15) is 11.4 Å². The Morgan fingerprint density at radius 3 is 2.19 bits per heavy atom. The Bertz CT molecular complexity index is 650. The van der Waals surface area contributed by atoms with E-state index in [1.54, 1.807) is 18.2 Å². The molecule has 2 rings (SSSR count). The third-order valence-electron chi connectivity index (χ3n) is 2.80. The van der Waals surface area contributed by atoms with Crippen LogP contribution in [0.1, 0.15) is 0 Å². The summed E-state index contributed by atoms with van der Waals surface area (Å²) in [5.41, 5.74) is 5.48. The highest BCUT2D eigenvalue weighted by molar-refractivity contribution is 5.62. The molecule has 0 aliphatic heterocycles. The number of nitrogens with zero attached hydrogens (tertiary/aromatic N) is 1. The molecule has 0 saturated carbocycles. The minimum atomic E-state index is -0.553. The number of nitrogen functional groups attached to an aromatic ring is 1. The first kappa shape index (κ1) is 14.4. The summed E-state index contributed by atoms with van der Waals surface area (Å²) in [5.74, 6) is 1.68. The second-order valence-electron chi connectivity index (χ2n) is 4.07. The normalized spacial score (nSPS) is 10.0. The monoisotopic (exact) mass is 290 g/mol. The molecule has 0 spiro atoms. The molecule has 7 nitrogen and oxygen atoms in total. The molecule has 0 saturated heterocycles. The molecule has 7 heteroatoms. The molecule has 21 heavy (non-hydrogen) atoms. The maximum absolute atomic E-state index is 10.7. The Morgan fingerprint density at radius 1 is 1.10 bits per heavy atom. The Kier molecular flexibility index (Phi) is 4.13. The van der Waals surface area contributed by atoms with E-state index in [4.69, 9.17) is 19.9 Å². The summed E-state index contributed by atoms with van der Waals surface area (Å²) in [4.78, 5) is 10.2. The van der Waals surface area contributed by atoms with Gasteiger partial charge < -0.3 is 19.9 Å². The Morgan fingerprint density at radius 2 is 1.71 bits per heavy atom. The Hall–Kier alpha value is -2.96. The SMILES string of the molecule is COc1cccc(OC)c1Oc1ccc([N+](=O)[O-])c(N)c1. The zero-order valence-corrected chi connectivity index (χ0v) is 11.5. The van der Waals surface area contributed by atoms with Gasteiger partial charge in [-0.15, -0.1) is 0 Å². The quantitative estimate of drug-likeness (QED) is 0.516. The van der Waals surface area contributed by atoms with Gasteiger partial charge >= 0.3 is 0 Å². The number of rotatable bonds is 5. The van der Waals surface area contributed by atoms with E-state index in [1.807, 2.05) is 0 Å². The van der Waals surface area contributed by atoms with Crippen LogP contribution in [0, 0.1) is 10.1 Å². The summed E-state index contributed by atoms with van der Waals surface area (Å²) < 4.78 is 16.1. The lowest BCUT2D eigenvalue weighted by Crippen LogP contribution is -1.97. The van der Waals surface area contributed by atoms with Gasteiger partial charge in [-0.1, -0.05) is 6.07 Å². The lowest BCUT2D eigenvalue weighted by atomic mass is 10.2. The predicted molar refractivity (Wildman–Crippen MR) is 77.1 cm³/mol. The lowest BCUT2D eigenvalue weighted by Gasteiger charge is -2.14. The van der Waals surface area contributed by atoms with E-state index < -0.39 is 4.92 Å². The summed E-state index contributed by atoms with van der Waals surface area (Å²) in [7, 11) is 3.01. The minimum absolute atomic E-state index is 0.0198. The topological polar surface area (TPSA) is 96.8 Å². The zero-order chi connectivity index (χ0) is 15.4. The number of ether oxygens (including phenoxy) is 3. The van der Waals surface area contributed by atoms with Crippen molar-refractivity contribution in [2.75, 3.05) is 20.0 Å². The van der Waals surface area contributed by atoms with Crippen LogP contribution in [-0.2, 0) is 0 Å². The van der Waals surface area contributed by atoms with Crippen molar-refractivity contribution >= 4 is 11.4 Å². The van der Waals surface area contributed by atoms with Crippen LogP contribution < -0.4 is 19.9 Å². The van der Waals surface area contributed by atoms with E-state index in [-0.39, 0.29) is 11.4 Å². The van der Waals surface area contributed by atoms with E-state index >= 15 is 0 Å². The summed E-state index contributed by atoms with van der Waals surface area (Å²) in [6.07, 6.45) is 0. The van der Waals surface area contributed by atoms with Gasteiger partial charge in [0.15, 0.2) is 11.5 Å². The predicted octanol–water partition coefficient (Wildman–Crippen LogP) is 2.99. The largest absolute Gasteiger partial charge is 0.493 e. The number of nitrogens with two attached hydrogens (primary N) is 1. The van der Waals surface area contributed by atoms with Crippen LogP contribution >= 0.6 is 0 Å². The number of anilines is 1. The molecule has 0 heterocycles. The van der Waals surface area contributed by atoms with E-state index in [9.17, 15) is 10.1 Å². The van der Waals surface area contributed by atoms with Crippen molar-refractivity contribution in [3.05, 3.63) is 46.5 Å². The lowest BCUT2D eigenvalue weighted by molar-refractivity contribution is -0.383. The number of hydrogen-bond acceptors (Lipinski definition) is 6. The standard InChI is InChI=1S/C14H14N2O5/c1-19-12-4-3-5-13(20-2)14(12)21-9-6-7-11(16(17)18)10(15)8-9/h3-8H,15H2,1-2H3.